The molecule has 2 aromatic rings. The van der Waals surface area contributed by atoms with Gasteiger partial charge in [-0.2, -0.15) is 0 Å². The third-order valence-electron chi connectivity index (χ3n) is 3.37. The highest BCUT2D eigenvalue weighted by atomic mass is 79.9. The number of likely N-dealkylation sites (N-methyl/N-ethyl adjacent to an activating group) is 1. The Bertz CT molecular complexity index is 658. The van der Waals surface area contributed by atoms with E-state index in [1.54, 1.807) is 29.2 Å². The smallest absolute Gasteiger partial charge is 0.227 e. The Morgan fingerprint density at radius 1 is 1.14 bits per heavy atom. The van der Waals surface area contributed by atoms with Crippen LogP contribution >= 0.6 is 15.9 Å². The topological polar surface area (TPSA) is 20.3 Å². The summed E-state index contributed by atoms with van der Waals surface area (Å²) in [7, 11) is 0. The molecule has 1 amide bonds. The maximum Gasteiger partial charge on any atom is 0.227 e. The molecule has 5 heteroatoms. The van der Waals surface area contributed by atoms with E-state index < -0.39 is 0 Å². The van der Waals surface area contributed by atoms with E-state index in [1.807, 2.05) is 6.92 Å². The zero-order chi connectivity index (χ0) is 16.1. The maximum absolute atomic E-state index is 13.8. The number of hydrogen-bond acceptors (Lipinski definition) is 1. The van der Waals surface area contributed by atoms with Crippen molar-refractivity contribution >= 4 is 21.8 Å². The summed E-state index contributed by atoms with van der Waals surface area (Å²) in [5.74, 6) is -0.788. The average molecular weight is 368 g/mol. The standard InChI is InChI=1S/C17H16BrF2NO/c1-2-21(11-13-10-14(18)5-8-16(13)20)17(22)9-12-3-6-15(19)7-4-12/h3-8,10H,2,9,11H2,1H3. The molecule has 2 rings (SSSR count). The van der Waals surface area contributed by atoms with Gasteiger partial charge in [-0.15, -0.1) is 0 Å². The molecule has 0 N–H and O–H groups in total. The van der Waals surface area contributed by atoms with Gasteiger partial charge in [0.15, 0.2) is 0 Å². The van der Waals surface area contributed by atoms with Gasteiger partial charge in [0, 0.05) is 23.1 Å². The SMILES string of the molecule is CCN(Cc1cc(Br)ccc1F)C(=O)Cc1ccc(F)cc1. The minimum atomic E-state index is -0.337. The van der Waals surface area contributed by atoms with Crippen LogP contribution in [0.25, 0.3) is 0 Å². The molecule has 0 aromatic heterocycles. The molecular formula is C17H16BrF2NO. The zero-order valence-corrected chi connectivity index (χ0v) is 13.7. The molecule has 0 saturated carbocycles. The number of hydrogen-bond donors (Lipinski definition) is 0. The number of carbonyl (C=O) groups excluding carboxylic acids is 1. The Balaban J connectivity index is 2.08. The van der Waals surface area contributed by atoms with Gasteiger partial charge in [-0.25, -0.2) is 8.78 Å². The van der Waals surface area contributed by atoms with Crippen molar-refractivity contribution in [3.63, 3.8) is 0 Å². The van der Waals surface area contributed by atoms with E-state index >= 15 is 0 Å². The highest BCUT2D eigenvalue weighted by Crippen LogP contribution is 2.18. The first-order valence-corrected chi connectivity index (χ1v) is 7.75. The fourth-order valence-electron chi connectivity index (χ4n) is 2.14. The first-order valence-electron chi connectivity index (χ1n) is 6.95. The monoisotopic (exact) mass is 367 g/mol. The molecule has 0 atom stereocenters. The molecule has 0 spiro atoms. The summed E-state index contributed by atoms with van der Waals surface area (Å²) in [5, 5.41) is 0. The second-order valence-electron chi connectivity index (χ2n) is 4.95. The van der Waals surface area contributed by atoms with E-state index in [1.165, 1.54) is 18.2 Å². The van der Waals surface area contributed by atoms with Crippen molar-refractivity contribution in [1.82, 2.24) is 4.90 Å². The van der Waals surface area contributed by atoms with Crippen molar-refractivity contribution in [2.45, 2.75) is 19.9 Å². The molecule has 0 unspecified atom stereocenters. The highest BCUT2D eigenvalue weighted by Gasteiger charge is 2.15. The van der Waals surface area contributed by atoms with Crippen LogP contribution in [0.2, 0.25) is 0 Å². The van der Waals surface area contributed by atoms with Gasteiger partial charge >= 0.3 is 0 Å². The summed E-state index contributed by atoms with van der Waals surface area (Å²) in [5.41, 5.74) is 1.20. The largest absolute Gasteiger partial charge is 0.338 e. The first-order chi connectivity index (χ1) is 10.5. The van der Waals surface area contributed by atoms with Gasteiger partial charge in [-0.1, -0.05) is 28.1 Å². The summed E-state index contributed by atoms with van der Waals surface area (Å²) >= 11 is 3.30. The lowest BCUT2D eigenvalue weighted by Crippen LogP contribution is -2.32. The lowest BCUT2D eigenvalue weighted by Gasteiger charge is -2.21. The molecule has 0 heterocycles. The molecule has 22 heavy (non-hydrogen) atoms. The molecule has 0 radical (unpaired) electrons. The summed E-state index contributed by atoms with van der Waals surface area (Å²) in [4.78, 5) is 13.9. The quantitative estimate of drug-likeness (QED) is 0.770. The van der Waals surface area contributed by atoms with E-state index in [-0.39, 0.29) is 30.5 Å². The Kier molecular flexibility index (Phi) is 5.66. The van der Waals surface area contributed by atoms with Crippen LogP contribution < -0.4 is 0 Å². The molecule has 0 saturated heterocycles. The van der Waals surface area contributed by atoms with Crippen molar-refractivity contribution in [2.75, 3.05) is 6.54 Å². The van der Waals surface area contributed by atoms with E-state index in [0.717, 1.165) is 10.0 Å². The van der Waals surface area contributed by atoms with Crippen molar-refractivity contribution in [1.29, 1.82) is 0 Å². The first kappa shape index (κ1) is 16.6. The lowest BCUT2D eigenvalue weighted by molar-refractivity contribution is -0.130. The minimum Gasteiger partial charge on any atom is -0.338 e. The number of benzene rings is 2. The van der Waals surface area contributed by atoms with E-state index in [0.29, 0.717) is 12.1 Å². The van der Waals surface area contributed by atoms with Gasteiger partial charge in [-0.05, 0) is 42.8 Å². The summed E-state index contributed by atoms with van der Waals surface area (Å²) in [6, 6.07) is 10.5. The summed E-state index contributed by atoms with van der Waals surface area (Å²) in [6.07, 6.45) is 0.170. The molecule has 2 aromatic carbocycles. The predicted octanol–water partition coefficient (Wildman–Crippen LogP) is 4.32. The number of amides is 1. The average Bonchev–Trinajstić information content (AvgIpc) is 2.50. The van der Waals surface area contributed by atoms with Gasteiger partial charge in [-0.3, -0.25) is 4.79 Å². The number of carbonyl (C=O) groups is 1. The molecular weight excluding hydrogens is 352 g/mol. The van der Waals surface area contributed by atoms with Gasteiger partial charge < -0.3 is 4.90 Å². The normalized spacial score (nSPS) is 10.5. The number of nitrogens with zero attached hydrogens (tertiary/aromatic N) is 1. The van der Waals surface area contributed by atoms with Crippen LogP contribution in [0.4, 0.5) is 8.78 Å². The van der Waals surface area contributed by atoms with Crippen LogP contribution in [0.15, 0.2) is 46.9 Å². The molecule has 116 valence electrons. The van der Waals surface area contributed by atoms with E-state index in [2.05, 4.69) is 15.9 Å². The van der Waals surface area contributed by atoms with Gasteiger partial charge in [0.25, 0.3) is 0 Å². The van der Waals surface area contributed by atoms with Crippen LogP contribution in [0.3, 0.4) is 0 Å². The number of rotatable bonds is 5. The maximum atomic E-state index is 13.8. The van der Waals surface area contributed by atoms with Crippen LogP contribution in [0, 0.1) is 11.6 Å². The minimum absolute atomic E-state index is 0.117. The van der Waals surface area contributed by atoms with Crippen LogP contribution in [-0.2, 0) is 17.8 Å². The van der Waals surface area contributed by atoms with Gasteiger partial charge in [0.1, 0.15) is 11.6 Å². The Morgan fingerprint density at radius 3 is 2.45 bits per heavy atom. The van der Waals surface area contributed by atoms with Crippen molar-refractivity contribution in [3.8, 4) is 0 Å². The van der Waals surface area contributed by atoms with Crippen LogP contribution in [0.1, 0.15) is 18.1 Å². The molecule has 0 aliphatic rings. The fourth-order valence-corrected chi connectivity index (χ4v) is 2.54. The highest BCUT2D eigenvalue weighted by molar-refractivity contribution is 9.10. The third kappa shape index (κ3) is 4.37. The fraction of sp³-hybridized carbons (Fsp3) is 0.235. The molecule has 0 bridgehead atoms. The molecule has 0 aliphatic heterocycles. The summed E-state index contributed by atoms with van der Waals surface area (Å²) < 4.78 is 27.4. The Labute approximate surface area is 136 Å². The van der Waals surface area contributed by atoms with Crippen LogP contribution in [-0.4, -0.2) is 17.4 Å². The van der Waals surface area contributed by atoms with Crippen molar-refractivity contribution in [3.05, 3.63) is 69.7 Å². The zero-order valence-electron chi connectivity index (χ0n) is 12.2. The van der Waals surface area contributed by atoms with Crippen molar-refractivity contribution < 1.29 is 13.6 Å². The number of halogens is 3. The molecule has 0 aliphatic carbocycles. The second kappa shape index (κ2) is 7.49. The van der Waals surface area contributed by atoms with Gasteiger partial charge in [0.2, 0.25) is 5.91 Å². The van der Waals surface area contributed by atoms with Crippen molar-refractivity contribution in [2.24, 2.45) is 0 Å². The van der Waals surface area contributed by atoms with Gasteiger partial charge in [0.05, 0.1) is 6.42 Å². The Morgan fingerprint density at radius 2 is 1.82 bits per heavy atom. The predicted molar refractivity (Wildman–Crippen MR) is 85.3 cm³/mol. The van der Waals surface area contributed by atoms with Crippen LogP contribution in [0.5, 0.6) is 0 Å². The lowest BCUT2D eigenvalue weighted by atomic mass is 10.1. The van der Waals surface area contributed by atoms with E-state index in [9.17, 15) is 13.6 Å². The van der Waals surface area contributed by atoms with E-state index in [4.69, 9.17) is 0 Å². The molecule has 2 nitrogen and oxygen atoms in total. The third-order valence-corrected chi connectivity index (χ3v) is 3.87. The second-order valence-corrected chi connectivity index (χ2v) is 5.86. The Hall–Kier alpha value is -1.75. The summed E-state index contributed by atoms with van der Waals surface area (Å²) in [6.45, 7) is 2.53. The molecule has 0 fully saturated rings.